The Bertz CT molecular complexity index is 1730. The Labute approximate surface area is 241 Å². The number of hydrogen-bond acceptors (Lipinski definition) is 4. The van der Waals surface area contributed by atoms with Gasteiger partial charge in [0.05, 0.1) is 29.2 Å². The highest BCUT2D eigenvalue weighted by molar-refractivity contribution is 5.98. The Morgan fingerprint density at radius 2 is 1.61 bits per heavy atom. The summed E-state index contributed by atoms with van der Waals surface area (Å²) in [5, 5.41) is 2.62. The van der Waals surface area contributed by atoms with Gasteiger partial charge in [-0.2, -0.15) is 0 Å². The summed E-state index contributed by atoms with van der Waals surface area (Å²) >= 11 is 0. The van der Waals surface area contributed by atoms with E-state index in [1.807, 2.05) is 104 Å². The van der Waals surface area contributed by atoms with E-state index >= 15 is 0 Å². The van der Waals surface area contributed by atoms with Gasteiger partial charge in [0.15, 0.2) is 0 Å². The monoisotopic (exact) mass is 547 g/mol. The first-order valence-electron chi connectivity index (χ1n) is 14.6. The van der Waals surface area contributed by atoms with Crippen molar-refractivity contribution in [3.05, 3.63) is 113 Å². The summed E-state index contributed by atoms with van der Waals surface area (Å²) in [6.07, 6.45) is 4.10. The standard InChI is InChI=1S/C35H37N3O3/c1-4-6-7-14-23-37(34(39)28-22-21-26-15-8-9-16-27(26)24-28)25(3)33-36-30-18-11-10-17-29(30)35(40)38(33)31-19-12-13-20-32(31)41-5-2/h8-13,15-22,24-25H,4-7,14,23H2,1-3H3. The van der Waals surface area contributed by atoms with Crippen LogP contribution in [0.1, 0.15) is 68.7 Å². The van der Waals surface area contributed by atoms with Crippen LogP contribution in [0.5, 0.6) is 5.75 Å². The molecule has 0 aliphatic heterocycles. The molecule has 0 fully saturated rings. The number of ether oxygens (including phenoxy) is 1. The molecule has 4 aromatic carbocycles. The van der Waals surface area contributed by atoms with Crippen LogP contribution in [0.2, 0.25) is 0 Å². The average molecular weight is 548 g/mol. The van der Waals surface area contributed by atoms with Gasteiger partial charge >= 0.3 is 0 Å². The number of aromatic nitrogens is 2. The molecule has 0 saturated heterocycles. The Kier molecular flexibility index (Phi) is 8.78. The zero-order valence-corrected chi connectivity index (χ0v) is 24.0. The van der Waals surface area contributed by atoms with Crippen LogP contribution in [0.25, 0.3) is 27.4 Å². The van der Waals surface area contributed by atoms with E-state index in [-0.39, 0.29) is 11.5 Å². The predicted octanol–water partition coefficient (Wildman–Crippen LogP) is 7.72. The Morgan fingerprint density at radius 1 is 0.878 bits per heavy atom. The van der Waals surface area contributed by atoms with Gasteiger partial charge in [0, 0.05) is 12.1 Å². The first kappa shape index (κ1) is 28.1. The number of carbonyl (C=O) groups is 1. The molecule has 1 unspecified atom stereocenters. The van der Waals surface area contributed by atoms with Gasteiger partial charge in [-0.1, -0.05) is 80.8 Å². The first-order chi connectivity index (χ1) is 20.0. The van der Waals surface area contributed by atoms with E-state index in [4.69, 9.17) is 9.72 Å². The van der Waals surface area contributed by atoms with Crippen molar-refractivity contribution < 1.29 is 9.53 Å². The number of para-hydroxylation sites is 3. The molecule has 0 aliphatic carbocycles. The fraction of sp³-hybridized carbons (Fsp3) is 0.286. The zero-order valence-electron chi connectivity index (χ0n) is 24.0. The number of unbranched alkanes of at least 4 members (excludes halogenated alkanes) is 3. The van der Waals surface area contributed by atoms with Crippen molar-refractivity contribution in [3.63, 3.8) is 0 Å². The Morgan fingerprint density at radius 3 is 2.41 bits per heavy atom. The smallest absolute Gasteiger partial charge is 0.266 e. The molecule has 1 atom stereocenters. The quantitative estimate of drug-likeness (QED) is 0.159. The maximum absolute atomic E-state index is 14.2. The van der Waals surface area contributed by atoms with Crippen LogP contribution >= 0.6 is 0 Å². The molecule has 5 aromatic rings. The van der Waals surface area contributed by atoms with Crippen LogP contribution in [-0.4, -0.2) is 33.5 Å². The highest BCUT2D eigenvalue weighted by atomic mass is 16.5. The maximum atomic E-state index is 14.2. The van der Waals surface area contributed by atoms with E-state index < -0.39 is 6.04 Å². The minimum absolute atomic E-state index is 0.0770. The molecule has 210 valence electrons. The molecule has 41 heavy (non-hydrogen) atoms. The molecule has 0 saturated carbocycles. The molecule has 0 radical (unpaired) electrons. The van der Waals surface area contributed by atoms with Crippen molar-refractivity contribution in [2.75, 3.05) is 13.2 Å². The molecule has 0 N–H and O–H groups in total. The molecule has 1 heterocycles. The van der Waals surface area contributed by atoms with Crippen molar-refractivity contribution in [2.45, 2.75) is 52.5 Å². The van der Waals surface area contributed by atoms with Crippen LogP contribution in [0.15, 0.2) is 95.8 Å². The molecular weight excluding hydrogens is 510 g/mol. The number of amides is 1. The number of benzene rings is 4. The third kappa shape index (κ3) is 5.87. The van der Waals surface area contributed by atoms with E-state index in [2.05, 4.69) is 6.92 Å². The minimum atomic E-state index is -0.484. The fourth-order valence-electron chi connectivity index (χ4n) is 5.39. The normalized spacial score (nSPS) is 12.0. The second kappa shape index (κ2) is 12.8. The van der Waals surface area contributed by atoms with Crippen LogP contribution in [0.3, 0.4) is 0 Å². The van der Waals surface area contributed by atoms with Gasteiger partial charge in [0.25, 0.3) is 11.5 Å². The summed E-state index contributed by atoms with van der Waals surface area (Å²) in [5.41, 5.74) is 1.65. The largest absolute Gasteiger partial charge is 0.492 e. The lowest BCUT2D eigenvalue weighted by molar-refractivity contribution is 0.0677. The Balaban J connectivity index is 1.66. The van der Waals surface area contributed by atoms with Gasteiger partial charge in [0.1, 0.15) is 11.6 Å². The van der Waals surface area contributed by atoms with E-state index in [0.717, 1.165) is 36.5 Å². The van der Waals surface area contributed by atoms with Gasteiger partial charge in [-0.25, -0.2) is 4.98 Å². The van der Waals surface area contributed by atoms with Gasteiger partial charge in [-0.15, -0.1) is 0 Å². The highest BCUT2D eigenvalue weighted by Crippen LogP contribution is 2.29. The summed E-state index contributed by atoms with van der Waals surface area (Å²) in [7, 11) is 0. The topological polar surface area (TPSA) is 64.4 Å². The Hall–Kier alpha value is -4.45. The summed E-state index contributed by atoms with van der Waals surface area (Å²) in [6.45, 7) is 7.08. The van der Waals surface area contributed by atoms with Gasteiger partial charge < -0.3 is 9.64 Å². The molecule has 6 heteroatoms. The second-order valence-electron chi connectivity index (χ2n) is 10.3. The highest BCUT2D eigenvalue weighted by Gasteiger charge is 2.28. The van der Waals surface area contributed by atoms with Crippen molar-refractivity contribution in [1.29, 1.82) is 0 Å². The second-order valence-corrected chi connectivity index (χ2v) is 10.3. The van der Waals surface area contributed by atoms with Crippen LogP contribution < -0.4 is 10.3 Å². The number of hydrogen-bond donors (Lipinski definition) is 0. The molecule has 6 nitrogen and oxygen atoms in total. The third-order valence-electron chi connectivity index (χ3n) is 7.56. The summed E-state index contributed by atoms with van der Waals surface area (Å²) < 4.78 is 7.56. The van der Waals surface area contributed by atoms with Crippen molar-refractivity contribution in [1.82, 2.24) is 14.5 Å². The van der Waals surface area contributed by atoms with Crippen LogP contribution in [0, 0.1) is 0 Å². The third-order valence-corrected chi connectivity index (χ3v) is 7.56. The zero-order chi connectivity index (χ0) is 28.8. The number of carbonyl (C=O) groups excluding carboxylic acids is 1. The predicted molar refractivity (Wildman–Crippen MR) is 166 cm³/mol. The number of nitrogens with zero attached hydrogens (tertiary/aromatic N) is 3. The van der Waals surface area contributed by atoms with E-state index in [1.54, 1.807) is 10.6 Å². The number of rotatable bonds is 11. The lowest BCUT2D eigenvalue weighted by Crippen LogP contribution is -2.38. The molecular formula is C35H37N3O3. The van der Waals surface area contributed by atoms with E-state index in [9.17, 15) is 9.59 Å². The molecule has 0 bridgehead atoms. The molecule has 5 rings (SSSR count). The summed E-state index contributed by atoms with van der Waals surface area (Å²) in [4.78, 5) is 35.2. The van der Waals surface area contributed by atoms with E-state index in [0.29, 0.717) is 46.9 Å². The first-order valence-corrected chi connectivity index (χ1v) is 14.6. The van der Waals surface area contributed by atoms with Gasteiger partial charge in [0.2, 0.25) is 0 Å². The molecule has 0 spiro atoms. The van der Waals surface area contributed by atoms with Gasteiger partial charge in [-0.05, 0) is 67.4 Å². The van der Waals surface area contributed by atoms with Gasteiger partial charge in [-0.3, -0.25) is 14.2 Å². The average Bonchev–Trinajstić information content (AvgIpc) is 3.01. The number of fused-ring (bicyclic) bond motifs is 2. The lowest BCUT2D eigenvalue weighted by Gasteiger charge is -2.31. The molecule has 1 amide bonds. The lowest BCUT2D eigenvalue weighted by atomic mass is 10.0. The van der Waals surface area contributed by atoms with Crippen molar-refractivity contribution in [2.24, 2.45) is 0 Å². The van der Waals surface area contributed by atoms with Crippen molar-refractivity contribution >= 4 is 27.6 Å². The molecule has 1 aromatic heterocycles. The van der Waals surface area contributed by atoms with Crippen LogP contribution in [0.4, 0.5) is 0 Å². The fourth-order valence-corrected chi connectivity index (χ4v) is 5.39. The van der Waals surface area contributed by atoms with E-state index in [1.165, 1.54) is 0 Å². The van der Waals surface area contributed by atoms with Crippen LogP contribution in [-0.2, 0) is 0 Å². The maximum Gasteiger partial charge on any atom is 0.266 e. The minimum Gasteiger partial charge on any atom is -0.492 e. The van der Waals surface area contributed by atoms with Crippen molar-refractivity contribution in [3.8, 4) is 11.4 Å². The summed E-state index contributed by atoms with van der Waals surface area (Å²) in [5.74, 6) is 1.02. The molecule has 0 aliphatic rings. The summed E-state index contributed by atoms with van der Waals surface area (Å²) in [6, 6.07) is 28.3. The SMILES string of the molecule is CCCCCCN(C(=O)c1ccc2ccccc2c1)C(C)c1nc2ccccc2c(=O)n1-c1ccccc1OCC.